The van der Waals surface area contributed by atoms with E-state index >= 15 is 0 Å². The third-order valence-corrected chi connectivity index (χ3v) is 3.63. The van der Waals surface area contributed by atoms with E-state index in [9.17, 15) is 4.79 Å². The molecule has 0 heterocycles. The molecule has 21 heavy (non-hydrogen) atoms. The van der Waals surface area contributed by atoms with E-state index in [0.717, 1.165) is 11.1 Å². The van der Waals surface area contributed by atoms with Crippen LogP contribution in [0.2, 0.25) is 0 Å². The first kappa shape index (κ1) is 15.5. The zero-order valence-electron chi connectivity index (χ0n) is 12.4. The monoisotopic (exact) mass is 302 g/mol. The van der Waals surface area contributed by atoms with Crippen molar-refractivity contribution in [3.8, 4) is 11.1 Å². The number of carbonyl (C=O) groups is 1. The maximum Gasteiger partial charge on any atom is 0.266 e. The zero-order chi connectivity index (χ0) is 15.5. The molecule has 3 nitrogen and oxygen atoms in total. The molecular formula is C17H19ClN2O. The second kappa shape index (κ2) is 6.29. The summed E-state index contributed by atoms with van der Waals surface area (Å²) in [6, 6.07) is 17.5. The molecule has 0 aliphatic heterocycles. The van der Waals surface area contributed by atoms with Crippen LogP contribution in [0.5, 0.6) is 0 Å². The van der Waals surface area contributed by atoms with Crippen molar-refractivity contribution in [2.24, 2.45) is 0 Å². The minimum absolute atomic E-state index is 0.223. The molecule has 0 saturated carbocycles. The van der Waals surface area contributed by atoms with Crippen LogP contribution in [0.1, 0.15) is 31.1 Å². The summed E-state index contributed by atoms with van der Waals surface area (Å²) in [4.78, 5) is 12.1. The Hall–Kier alpha value is -1.84. The highest BCUT2D eigenvalue weighted by atomic mass is 35.5. The van der Waals surface area contributed by atoms with Gasteiger partial charge in [0.15, 0.2) is 0 Å². The summed E-state index contributed by atoms with van der Waals surface area (Å²) in [5.41, 5.74) is 5.08. The molecule has 4 heteroatoms. The number of carbonyl (C=O) groups excluding carboxylic acids is 1. The lowest BCUT2D eigenvalue weighted by molar-refractivity contribution is 0.0806. The molecule has 0 saturated heterocycles. The molecule has 0 spiro atoms. The SMILES string of the molecule is CC(C)(C)N(Cl)NC(=O)c1ccc(-c2ccccc2)cc1. The number of rotatable bonds is 3. The third-order valence-electron chi connectivity index (χ3n) is 3.04. The smallest absolute Gasteiger partial charge is 0.266 e. The topological polar surface area (TPSA) is 32.3 Å². The second-order valence-electron chi connectivity index (χ2n) is 5.84. The van der Waals surface area contributed by atoms with Crippen molar-refractivity contribution in [1.82, 2.24) is 9.95 Å². The average Bonchev–Trinajstić information content (AvgIpc) is 2.47. The van der Waals surface area contributed by atoms with Crippen LogP contribution in [0, 0.1) is 0 Å². The molecule has 2 aromatic carbocycles. The lowest BCUT2D eigenvalue weighted by atomic mass is 10.0. The summed E-state index contributed by atoms with van der Waals surface area (Å²) in [6.07, 6.45) is 0. The van der Waals surface area contributed by atoms with Gasteiger partial charge in [-0.15, -0.1) is 4.53 Å². The van der Waals surface area contributed by atoms with Crippen molar-refractivity contribution in [3.63, 3.8) is 0 Å². The van der Waals surface area contributed by atoms with Crippen LogP contribution in [0.4, 0.5) is 0 Å². The van der Waals surface area contributed by atoms with Gasteiger partial charge in [0.25, 0.3) is 5.91 Å². The minimum atomic E-state index is -0.346. The van der Waals surface area contributed by atoms with Crippen LogP contribution in [0.15, 0.2) is 54.6 Å². The van der Waals surface area contributed by atoms with Gasteiger partial charge in [-0.25, -0.2) is 0 Å². The van der Waals surface area contributed by atoms with Gasteiger partial charge in [-0.1, -0.05) is 42.5 Å². The number of hydrogen-bond acceptors (Lipinski definition) is 2. The Morgan fingerprint density at radius 2 is 1.48 bits per heavy atom. The van der Waals surface area contributed by atoms with Crippen LogP contribution >= 0.6 is 11.8 Å². The van der Waals surface area contributed by atoms with Crippen LogP contribution < -0.4 is 5.43 Å². The molecule has 0 fully saturated rings. The molecule has 1 amide bonds. The van der Waals surface area contributed by atoms with E-state index in [4.69, 9.17) is 11.8 Å². The second-order valence-corrected chi connectivity index (χ2v) is 6.17. The molecule has 1 N–H and O–H groups in total. The Morgan fingerprint density at radius 1 is 0.952 bits per heavy atom. The van der Waals surface area contributed by atoms with Crippen LogP contribution in [0.3, 0.4) is 0 Å². The summed E-state index contributed by atoms with van der Waals surface area (Å²) >= 11 is 6.03. The molecule has 0 aliphatic carbocycles. The van der Waals surface area contributed by atoms with Gasteiger partial charge < -0.3 is 0 Å². The number of hydrogen-bond donors (Lipinski definition) is 1. The molecule has 0 atom stereocenters. The largest absolute Gasteiger partial charge is 0.270 e. The van der Waals surface area contributed by atoms with Crippen LogP contribution in [-0.4, -0.2) is 16.0 Å². The molecule has 0 radical (unpaired) electrons. The Labute approximate surface area is 130 Å². The van der Waals surface area contributed by atoms with Gasteiger partial charge in [0.05, 0.1) is 0 Å². The van der Waals surface area contributed by atoms with Crippen molar-refractivity contribution in [1.29, 1.82) is 0 Å². The van der Waals surface area contributed by atoms with Gasteiger partial charge >= 0.3 is 0 Å². The third kappa shape index (κ3) is 4.06. The first-order valence-electron chi connectivity index (χ1n) is 6.80. The molecule has 110 valence electrons. The fourth-order valence-corrected chi connectivity index (χ4v) is 1.84. The Morgan fingerprint density at radius 3 is 2.00 bits per heavy atom. The highest BCUT2D eigenvalue weighted by Gasteiger charge is 2.21. The summed E-state index contributed by atoms with van der Waals surface area (Å²) < 4.78 is 1.29. The number of benzene rings is 2. The van der Waals surface area contributed by atoms with Crippen molar-refractivity contribution in [2.45, 2.75) is 26.3 Å². The predicted molar refractivity (Wildman–Crippen MR) is 86.8 cm³/mol. The average molecular weight is 303 g/mol. The summed E-state index contributed by atoms with van der Waals surface area (Å²) in [6.45, 7) is 5.75. The van der Waals surface area contributed by atoms with Gasteiger partial charge in [-0.2, -0.15) is 0 Å². The van der Waals surface area contributed by atoms with Crippen molar-refractivity contribution >= 4 is 17.7 Å². The summed E-state index contributed by atoms with van der Waals surface area (Å²) in [5, 5.41) is 0. The standard InChI is InChI=1S/C17H19ClN2O/c1-17(2,3)20(18)19-16(21)15-11-9-14(10-12-15)13-7-5-4-6-8-13/h4-12H,1-3H3,(H,19,21). The first-order valence-corrected chi connectivity index (χ1v) is 7.14. The van der Waals surface area contributed by atoms with Gasteiger partial charge in [-0.3, -0.25) is 10.2 Å². The van der Waals surface area contributed by atoms with Crippen molar-refractivity contribution in [3.05, 3.63) is 60.2 Å². The molecular weight excluding hydrogens is 284 g/mol. The van der Waals surface area contributed by atoms with Gasteiger partial charge in [0.2, 0.25) is 0 Å². The predicted octanol–water partition coefficient (Wildman–Crippen LogP) is 4.25. The number of amides is 1. The maximum absolute atomic E-state index is 12.1. The normalized spacial score (nSPS) is 11.5. The number of nitrogens with one attached hydrogen (secondary N) is 1. The lowest BCUT2D eigenvalue weighted by Gasteiger charge is -2.28. The molecule has 2 aromatic rings. The van der Waals surface area contributed by atoms with Crippen LogP contribution in [0.25, 0.3) is 11.1 Å². The van der Waals surface area contributed by atoms with E-state index in [0.29, 0.717) is 5.56 Å². The fourth-order valence-electron chi connectivity index (χ4n) is 1.77. The quantitative estimate of drug-likeness (QED) is 0.679. The van der Waals surface area contributed by atoms with E-state index < -0.39 is 0 Å². The van der Waals surface area contributed by atoms with E-state index in [2.05, 4.69) is 5.43 Å². The maximum atomic E-state index is 12.1. The summed E-state index contributed by atoms with van der Waals surface area (Å²) in [5.74, 6) is -0.223. The first-order chi connectivity index (χ1) is 9.88. The van der Waals surface area contributed by atoms with Gasteiger partial charge in [0, 0.05) is 22.9 Å². The van der Waals surface area contributed by atoms with E-state index in [-0.39, 0.29) is 11.4 Å². The van der Waals surface area contributed by atoms with Crippen molar-refractivity contribution < 1.29 is 4.79 Å². The minimum Gasteiger partial charge on any atom is -0.270 e. The number of hydrazine groups is 1. The Bertz CT molecular complexity index is 603. The van der Waals surface area contributed by atoms with E-state index in [1.165, 1.54) is 4.53 Å². The Balaban J connectivity index is 2.11. The van der Waals surface area contributed by atoms with Crippen molar-refractivity contribution in [2.75, 3.05) is 0 Å². The highest BCUT2D eigenvalue weighted by Crippen LogP contribution is 2.19. The van der Waals surface area contributed by atoms with E-state index in [1.807, 2.05) is 63.2 Å². The zero-order valence-corrected chi connectivity index (χ0v) is 13.2. The molecule has 0 aromatic heterocycles. The summed E-state index contributed by atoms with van der Waals surface area (Å²) in [7, 11) is 0. The lowest BCUT2D eigenvalue weighted by Crippen LogP contribution is -2.46. The fraction of sp³-hybridized carbons (Fsp3) is 0.235. The van der Waals surface area contributed by atoms with Gasteiger partial charge in [0.1, 0.15) is 0 Å². The number of halogens is 1. The highest BCUT2D eigenvalue weighted by molar-refractivity contribution is 6.14. The molecule has 0 bridgehead atoms. The van der Waals surface area contributed by atoms with Gasteiger partial charge in [-0.05, 0) is 44.0 Å². The van der Waals surface area contributed by atoms with E-state index in [1.54, 1.807) is 12.1 Å². The van der Waals surface area contributed by atoms with Crippen LogP contribution in [-0.2, 0) is 0 Å². The Kier molecular flexibility index (Phi) is 4.66. The molecule has 0 unspecified atom stereocenters. The molecule has 2 rings (SSSR count). The molecule has 0 aliphatic rings. The number of nitrogens with zero attached hydrogens (tertiary/aromatic N) is 1.